The van der Waals surface area contributed by atoms with Crippen LogP contribution < -0.4 is 5.73 Å². The number of aromatic nitrogens is 3. The summed E-state index contributed by atoms with van der Waals surface area (Å²) >= 11 is 0. The Bertz CT molecular complexity index is 343. The highest BCUT2D eigenvalue weighted by Gasteiger charge is 2.43. The lowest BCUT2D eigenvalue weighted by Gasteiger charge is -2.13. The van der Waals surface area contributed by atoms with E-state index in [9.17, 15) is 10.2 Å². The van der Waals surface area contributed by atoms with Crippen molar-refractivity contribution < 1.29 is 20.1 Å². The highest BCUT2D eigenvalue weighted by molar-refractivity contribution is 5.20. The van der Waals surface area contributed by atoms with Crippen LogP contribution >= 0.6 is 0 Å². The quantitative estimate of drug-likeness (QED) is 0.429. The van der Waals surface area contributed by atoms with Gasteiger partial charge in [-0.3, -0.25) is 0 Å². The first-order valence-corrected chi connectivity index (χ1v) is 4.43. The van der Waals surface area contributed by atoms with E-state index < -0.39 is 24.5 Å². The van der Waals surface area contributed by atoms with Crippen molar-refractivity contribution in [3.8, 4) is 0 Å². The van der Waals surface area contributed by atoms with Gasteiger partial charge in [0, 0.05) is 0 Å². The number of ether oxygens (including phenoxy) is 1. The Morgan fingerprint density at radius 2 is 2.20 bits per heavy atom. The van der Waals surface area contributed by atoms with Crippen molar-refractivity contribution in [1.29, 1.82) is 0 Å². The Labute approximate surface area is 84.9 Å². The summed E-state index contributed by atoms with van der Waals surface area (Å²) in [4.78, 5) is 0. The van der Waals surface area contributed by atoms with Gasteiger partial charge < -0.3 is 25.8 Å². The number of nitrogens with zero attached hydrogens (tertiary/aromatic N) is 3. The van der Waals surface area contributed by atoms with E-state index in [1.54, 1.807) is 0 Å². The van der Waals surface area contributed by atoms with Gasteiger partial charge in [-0.1, -0.05) is 5.21 Å². The van der Waals surface area contributed by atoms with Gasteiger partial charge in [0.25, 0.3) is 0 Å². The first kappa shape index (κ1) is 10.3. The Morgan fingerprint density at radius 1 is 1.47 bits per heavy atom. The van der Waals surface area contributed by atoms with E-state index >= 15 is 0 Å². The molecular weight excluding hydrogens is 204 g/mol. The molecule has 15 heavy (non-hydrogen) atoms. The van der Waals surface area contributed by atoms with E-state index in [0.717, 1.165) is 0 Å². The molecule has 0 unspecified atom stereocenters. The van der Waals surface area contributed by atoms with E-state index in [4.69, 9.17) is 15.6 Å². The van der Waals surface area contributed by atoms with Crippen molar-refractivity contribution in [3.63, 3.8) is 0 Å². The first-order chi connectivity index (χ1) is 7.13. The third-order valence-corrected chi connectivity index (χ3v) is 2.31. The average Bonchev–Trinajstić information content (AvgIpc) is 2.74. The van der Waals surface area contributed by atoms with Crippen LogP contribution in [0.1, 0.15) is 6.23 Å². The second kappa shape index (κ2) is 3.74. The molecule has 1 fully saturated rings. The van der Waals surface area contributed by atoms with Crippen LogP contribution in [0.2, 0.25) is 0 Å². The molecule has 8 heteroatoms. The van der Waals surface area contributed by atoms with Gasteiger partial charge in [0.1, 0.15) is 18.3 Å². The van der Waals surface area contributed by atoms with E-state index in [1.807, 2.05) is 0 Å². The topological polar surface area (TPSA) is 127 Å². The monoisotopic (exact) mass is 216 g/mol. The minimum atomic E-state index is -1.16. The second-order valence-electron chi connectivity index (χ2n) is 3.35. The molecule has 84 valence electrons. The first-order valence-electron chi connectivity index (χ1n) is 4.43. The van der Waals surface area contributed by atoms with E-state index in [1.165, 1.54) is 10.9 Å². The Morgan fingerprint density at radius 3 is 2.67 bits per heavy atom. The molecule has 2 rings (SSSR count). The predicted molar refractivity (Wildman–Crippen MR) is 47.4 cm³/mol. The fraction of sp³-hybridized carbons (Fsp3) is 0.714. The van der Waals surface area contributed by atoms with E-state index in [2.05, 4.69) is 10.3 Å². The largest absolute Gasteiger partial charge is 0.394 e. The van der Waals surface area contributed by atoms with Crippen molar-refractivity contribution in [2.75, 3.05) is 12.3 Å². The van der Waals surface area contributed by atoms with Crippen LogP contribution in [0.3, 0.4) is 0 Å². The molecule has 1 aromatic heterocycles. The summed E-state index contributed by atoms with van der Waals surface area (Å²) < 4.78 is 6.40. The molecule has 0 spiro atoms. The lowest BCUT2D eigenvalue weighted by Crippen LogP contribution is -2.33. The summed E-state index contributed by atoms with van der Waals surface area (Å²) in [6.07, 6.45) is -2.63. The molecule has 4 atom stereocenters. The van der Waals surface area contributed by atoms with E-state index in [0.29, 0.717) is 0 Å². The molecule has 0 saturated carbocycles. The Hall–Kier alpha value is -1.22. The molecular formula is C7H12N4O4. The molecule has 5 N–H and O–H groups in total. The average molecular weight is 216 g/mol. The van der Waals surface area contributed by atoms with Crippen LogP contribution in [0.4, 0.5) is 5.82 Å². The Kier molecular flexibility index (Phi) is 2.57. The highest BCUT2D eigenvalue weighted by Crippen LogP contribution is 2.28. The summed E-state index contributed by atoms with van der Waals surface area (Å²) in [6.45, 7) is -0.376. The number of rotatable bonds is 2. The van der Waals surface area contributed by atoms with Gasteiger partial charge in [-0.15, -0.1) is 5.10 Å². The maximum absolute atomic E-state index is 9.61. The predicted octanol–water partition coefficient (Wildman–Crippen LogP) is -2.53. The lowest BCUT2D eigenvalue weighted by molar-refractivity contribution is -0.0593. The zero-order valence-electron chi connectivity index (χ0n) is 7.76. The molecule has 2 heterocycles. The normalized spacial score (nSPS) is 35.9. The molecule has 0 aliphatic carbocycles. The number of aliphatic hydroxyl groups is 3. The van der Waals surface area contributed by atoms with Gasteiger partial charge in [0.2, 0.25) is 0 Å². The maximum atomic E-state index is 9.61. The summed E-state index contributed by atoms with van der Waals surface area (Å²) in [5, 5.41) is 35.1. The number of nitrogens with two attached hydrogens (primary N) is 1. The molecule has 0 bridgehead atoms. The van der Waals surface area contributed by atoms with Crippen LogP contribution in [0.25, 0.3) is 0 Å². The minimum Gasteiger partial charge on any atom is -0.394 e. The van der Waals surface area contributed by atoms with Crippen LogP contribution in [0.5, 0.6) is 0 Å². The molecule has 8 nitrogen and oxygen atoms in total. The molecule has 1 aliphatic heterocycles. The highest BCUT2D eigenvalue weighted by atomic mass is 16.6. The van der Waals surface area contributed by atoms with Crippen molar-refractivity contribution in [2.24, 2.45) is 0 Å². The fourth-order valence-electron chi connectivity index (χ4n) is 1.51. The Balaban J connectivity index is 2.18. The van der Waals surface area contributed by atoms with E-state index in [-0.39, 0.29) is 12.4 Å². The molecule has 1 saturated heterocycles. The summed E-state index contributed by atoms with van der Waals surface area (Å²) in [6, 6.07) is 0. The standard InChI is InChI=1S/C7H12N4O4/c8-4-1-11(10-9-4)7-6(14)5(13)3(2-12)15-7/h1,3,5-7,12-14H,2,8H2/t3-,5-,6-,7-/m1/s1. The number of anilines is 1. The molecule has 0 amide bonds. The summed E-state index contributed by atoms with van der Waals surface area (Å²) in [5.74, 6) is 0.188. The van der Waals surface area contributed by atoms with Gasteiger partial charge in [-0.05, 0) is 0 Å². The molecule has 0 radical (unpaired) electrons. The van der Waals surface area contributed by atoms with Crippen LogP contribution in [-0.2, 0) is 4.74 Å². The number of aliphatic hydroxyl groups excluding tert-OH is 3. The molecule has 0 aromatic carbocycles. The van der Waals surface area contributed by atoms with Gasteiger partial charge >= 0.3 is 0 Å². The summed E-state index contributed by atoms with van der Waals surface area (Å²) in [5.41, 5.74) is 5.35. The lowest BCUT2D eigenvalue weighted by atomic mass is 10.1. The van der Waals surface area contributed by atoms with Crippen molar-refractivity contribution in [2.45, 2.75) is 24.5 Å². The SMILES string of the molecule is Nc1cn([C@@H]2O[C@H](CO)[C@@H](O)[C@H]2O)nn1. The third kappa shape index (κ3) is 1.67. The van der Waals surface area contributed by atoms with Crippen LogP contribution in [-0.4, -0.2) is 55.2 Å². The third-order valence-electron chi connectivity index (χ3n) is 2.31. The number of hydrogen-bond acceptors (Lipinski definition) is 7. The minimum absolute atomic E-state index is 0.188. The van der Waals surface area contributed by atoms with Gasteiger partial charge in [0.05, 0.1) is 12.8 Å². The van der Waals surface area contributed by atoms with Gasteiger partial charge in [0.15, 0.2) is 12.0 Å². The molecule has 1 aromatic rings. The second-order valence-corrected chi connectivity index (χ2v) is 3.35. The zero-order valence-corrected chi connectivity index (χ0v) is 7.76. The van der Waals surface area contributed by atoms with Crippen molar-refractivity contribution in [1.82, 2.24) is 15.0 Å². The van der Waals surface area contributed by atoms with Gasteiger partial charge in [-0.2, -0.15) is 0 Å². The maximum Gasteiger partial charge on any atom is 0.180 e. The zero-order chi connectivity index (χ0) is 11.0. The summed E-state index contributed by atoms with van der Waals surface area (Å²) in [7, 11) is 0. The van der Waals surface area contributed by atoms with Crippen molar-refractivity contribution in [3.05, 3.63) is 6.20 Å². The van der Waals surface area contributed by atoms with Crippen molar-refractivity contribution >= 4 is 5.82 Å². The fourth-order valence-corrected chi connectivity index (χ4v) is 1.51. The smallest absolute Gasteiger partial charge is 0.180 e. The molecule has 1 aliphatic rings. The van der Waals surface area contributed by atoms with Gasteiger partial charge in [-0.25, -0.2) is 4.68 Å². The number of hydrogen-bond donors (Lipinski definition) is 4. The van der Waals surface area contributed by atoms with Crippen LogP contribution in [0.15, 0.2) is 6.20 Å². The van der Waals surface area contributed by atoms with Crippen LogP contribution in [0, 0.1) is 0 Å². The number of nitrogen functional groups attached to an aromatic ring is 1.